The van der Waals surface area contributed by atoms with E-state index in [9.17, 15) is 8.42 Å². The highest BCUT2D eigenvalue weighted by atomic mass is 32.2. The normalized spacial score (nSPS) is 12.0. The van der Waals surface area contributed by atoms with Crippen LogP contribution in [0.15, 0.2) is 24.8 Å². The molecule has 0 aromatic heterocycles. The van der Waals surface area contributed by atoms with Crippen LogP contribution in [0.2, 0.25) is 0 Å². The first-order chi connectivity index (χ1) is 12.1. The van der Waals surface area contributed by atoms with Crippen LogP contribution in [-0.2, 0) is 14.3 Å². The van der Waals surface area contributed by atoms with Crippen molar-refractivity contribution in [2.24, 2.45) is 0 Å². The highest BCUT2D eigenvalue weighted by Crippen LogP contribution is 2.10. The Kier molecular flexibility index (Phi) is 17.7. The molecule has 0 atom stereocenters. The monoisotopic (exact) mass is 372 g/mol. The summed E-state index contributed by atoms with van der Waals surface area (Å²) in [7, 11) is -3.34. The summed E-state index contributed by atoms with van der Waals surface area (Å²) in [6.45, 7) is 5.78. The predicted molar refractivity (Wildman–Crippen MR) is 109 cm³/mol. The highest BCUT2D eigenvalue weighted by molar-refractivity contribution is 7.86. The Labute approximate surface area is 157 Å². The molecule has 0 saturated heterocycles. The zero-order chi connectivity index (χ0) is 18.6. The van der Waals surface area contributed by atoms with Gasteiger partial charge in [0.25, 0.3) is 10.1 Å². The van der Waals surface area contributed by atoms with E-state index in [0.29, 0.717) is 6.42 Å². The minimum Gasteiger partial charge on any atom is -0.266 e. The fraction of sp³-hybridized carbons (Fsp3) is 0.810. The van der Waals surface area contributed by atoms with Gasteiger partial charge in [0.15, 0.2) is 0 Å². The maximum atomic E-state index is 11.5. The minimum atomic E-state index is -3.34. The molecule has 0 unspecified atom stereocenters. The summed E-state index contributed by atoms with van der Waals surface area (Å²) in [6.07, 6.45) is 23.2. The van der Waals surface area contributed by atoms with Crippen LogP contribution in [-0.4, -0.2) is 20.8 Å². The van der Waals surface area contributed by atoms with Crippen molar-refractivity contribution in [1.82, 2.24) is 0 Å². The lowest BCUT2D eigenvalue weighted by Crippen LogP contribution is -2.10. The molecule has 0 aliphatic heterocycles. The Bertz CT molecular complexity index is 413. The molecule has 0 spiro atoms. The Hall–Kier alpha value is -0.610. The molecule has 0 radical (unpaired) electrons. The van der Waals surface area contributed by atoms with Gasteiger partial charge in [-0.15, -0.1) is 6.58 Å². The Balaban J connectivity index is 3.28. The van der Waals surface area contributed by atoms with Crippen molar-refractivity contribution < 1.29 is 12.6 Å². The van der Waals surface area contributed by atoms with Gasteiger partial charge in [0.05, 0.1) is 12.4 Å². The molecule has 0 amide bonds. The van der Waals surface area contributed by atoms with E-state index < -0.39 is 10.1 Å². The average Bonchev–Trinajstić information content (AvgIpc) is 2.59. The van der Waals surface area contributed by atoms with Gasteiger partial charge in [-0.05, 0) is 32.1 Å². The van der Waals surface area contributed by atoms with E-state index in [1.165, 1.54) is 76.7 Å². The second kappa shape index (κ2) is 18.2. The molecule has 148 valence electrons. The molecule has 0 saturated carbocycles. The van der Waals surface area contributed by atoms with E-state index in [4.69, 9.17) is 4.18 Å². The molecular formula is C21H40O3S. The van der Waals surface area contributed by atoms with Gasteiger partial charge in [-0.25, -0.2) is 0 Å². The lowest BCUT2D eigenvalue weighted by Gasteiger charge is -2.03. The molecule has 0 rings (SSSR count). The zero-order valence-electron chi connectivity index (χ0n) is 16.4. The van der Waals surface area contributed by atoms with Crippen LogP contribution in [0.3, 0.4) is 0 Å². The fourth-order valence-electron chi connectivity index (χ4n) is 2.74. The van der Waals surface area contributed by atoms with Crippen LogP contribution in [0.1, 0.15) is 96.8 Å². The van der Waals surface area contributed by atoms with Gasteiger partial charge in [-0.1, -0.05) is 82.9 Å². The molecule has 4 heteroatoms. The third-order valence-electron chi connectivity index (χ3n) is 4.27. The minimum absolute atomic E-state index is 0.0781. The Morgan fingerprint density at radius 2 is 1.24 bits per heavy atom. The predicted octanol–water partition coefficient (Wildman–Crippen LogP) is 6.56. The Morgan fingerprint density at radius 1 is 0.760 bits per heavy atom. The smallest absolute Gasteiger partial charge is 0.266 e. The molecule has 0 aliphatic rings. The van der Waals surface area contributed by atoms with Crippen molar-refractivity contribution in [2.75, 3.05) is 12.4 Å². The second-order valence-corrected chi connectivity index (χ2v) is 8.53. The van der Waals surface area contributed by atoms with Crippen molar-refractivity contribution in [3.05, 3.63) is 24.8 Å². The van der Waals surface area contributed by atoms with Crippen LogP contribution in [0.5, 0.6) is 0 Å². The van der Waals surface area contributed by atoms with Crippen LogP contribution in [0, 0.1) is 0 Å². The third kappa shape index (κ3) is 19.6. The standard InChI is InChI=1S/C21H40O3S/c1-3-5-6-7-8-9-10-11-12-13-14-15-16-17-18-19-21-25(22,23)24-20-4-2/h4,11-12H,2-3,5-10,13-21H2,1H3/b12-11-. The maximum Gasteiger partial charge on any atom is 0.267 e. The molecular weight excluding hydrogens is 332 g/mol. The molecule has 25 heavy (non-hydrogen) atoms. The van der Waals surface area contributed by atoms with Gasteiger partial charge >= 0.3 is 0 Å². The quantitative estimate of drug-likeness (QED) is 0.146. The summed E-state index contributed by atoms with van der Waals surface area (Å²) >= 11 is 0. The van der Waals surface area contributed by atoms with Gasteiger partial charge in [-0.3, -0.25) is 4.18 Å². The first-order valence-corrected chi connectivity index (χ1v) is 11.8. The number of allylic oxidation sites excluding steroid dienone is 2. The second-order valence-electron chi connectivity index (χ2n) is 6.77. The van der Waals surface area contributed by atoms with Gasteiger partial charge < -0.3 is 0 Å². The van der Waals surface area contributed by atoms with E-state index in [1.807, 2.05) is 0 Å². The third-order valence-corrected chi connectivity index (χ3v) is 5.56. The van der Waals surface area contributed by atoms with Crippen molar-refractivity contribution in [3.8, 4) is 0 Å². The number of unbranched alkanes of at least 4 members (excludes halogenated alkanes) is 12. The first-order valence-electron chi connectivity index (χ1n) is 10.3. The van der Waals surface area contributed by atoms with Gasteiger partial charge in [0.1, 0.15) is 0 Å². The first kappa shape index (κ1) is 24.4. The SMILES string of the molecule is C=CCOS(=O)(=O)CCCCCCCC/C=C\CCCCCCCC. The molecule has 3 nitrogen and oxygen atoms in total. The maximum absolute atomic E-state index is 11.5. The number of rotatable bonds is 19. The molecule has 0 heterocycles. The number of hydrogen-bond donors (Lipinski definition) is 0. The zero-order valence-corrected chi connectivity index (χ0v) is 17.2. The molecule has 0 aliphatic carbocycles. The van der Waals surface area contributed by atoms with Crippen LogP contribution >= 0.6 is 0 Å². The molecule has 0 fully saturated rings. The molecule has 0 bridgehead atoms. The Morgan fingerprint density at radius 3 is 1.76 bits per heavy atom. The van der Waals surface area contributed by atoms with Crippen molar-refractivity contribution in [3.63, 3.8) is 0 Å². The van der Waals surface area contributed by atoms with Gasteiger partial charge in [-0.2, -0.15) is 8.42 Å². The van der Waals surface area contributed by atoms with Crippen LogP contribution < -0.4 is 0 Å². The average molecular weight is 373 g/mol. The lowest BCUT2D eigenvalue weighted by atomic mass is 10.1. The van der Waals surface area contributed by atoms with Crippen LogP contribution in [0.4, 0.5) is 0 Å². The largest absolute Gasteiger partial charge is 0.267 e. The van der Waals surface area contributed by atoms with Crippen molar-refractivity contribution in [2.45, 2.75) is 96.8 Å². The highest BCUT2D eigenvalue weighted by Gasteiger charge is 2.09. The summed E-state index contributed by atoms with van der Waals surface area (Å²) in [6, 6.07) is 0. The number of hydrogen-bond acceptors (Lipinski definition) is 3. The van der Waals surface area contributed by atoms with E-state index in [0.717, 1.165) is 12.8 Å². The summed E-state index contributed by atoms with van der Waals surface area (Å²) < 4.78 is 27.7. The molecule has 0 aromatic rings. The van der Waals surface area contributed by atoms with E-state index in [-0.39, 0.29) is 12.4 Å². The van der Waals surface area contributed by atoms with E-state index in [2.05, 4.69) is 25.7 Å². The molecule has 0 aromatic carbocycles. The summed E-state index contributed by atoms with van der Waals surface area (Å²) in [5.41, 5.74) is 0. The van der Waals surface area contributed by atoms with Gasteiger partial charge in [0.2, 0.25) is 0 Å². The van der Waals surface area contributed by atoms with Crippen molar-refractivity contribution in [1.29, 1.82) is 0 Å². The summed E-state index contributed by atoms with van der Waals surface area (Å²) in [5, 5.41) is 0. The van der Waals surface area contributed by atoms with E-state index in [1.54, 1.807) is 0 Å². The van der Waals surface area contributed by atoms with Gasteiger partial charge in [0, 0.05) is 0 Å². The van der Waals surface area contributed by atoms with Crippen molar-refractivity contribution >= 4 is 10.1 Å². The fourth-order valence-corrected chi connectivity index (χ4v) is 3.72. The summed E-state index contributed by atoms with van der Waals surface area (Å²) in [4.78, 5) is 0. The topological polar surface area (TPSA) is 43.4 Å². The molecule has 0 N–H and O–H groups in total. The van der Waals surface area contributed by atoms with E-state index >= 15 is 0 Å². The lowest BCUT2D eigenvalue weighted by molar-refractivity contribution is 0.356. The summed E-state index contributed by atoms with van der Waals surface area (Å²) in [5.74, 6) is 0.127. The van der Waals surface area contributed by atoms with Crippen LogP contribution in [0.25, 0.3) is 0 Å².